The summed E-state index contributed by atoms with van der Waals surface area (Å²) in [5, 5.41) is 6.00. The number of carbonyl (C=O) groups excluding carboxylic acids is 1. The molecule has 0 aliphatic rings. The zero-order valence-electron chi connectivity index (χ0n) is 20.9. The van der Waals surface area contributed by atoms with Crippen molar-refractivity contribution in [3.8, 4) is 11.5 Å². The Labute approximate surface area is 237 Å². The molecular formula is C31H29BrN2O3S. The Kier molecular flexibility index (Phi) is 10.3. The third-order valence-corrected chi connectivity index (χ3v) is 6.58. The van der Waals surface area contributed by atoms with Crippen molar-refractivity contribution in [3.63, 3.8) is 0 Å². The van der Waals surface area contributed by atoms with Crippen LogP contribution < -0.4 is 20.1 Å². The molecule has 0 saturated heterocycles. The quantitative estimate of drug-likeness (QED) is 0.143. The van der Waals surface area contributed by atoms with Gasteiger partial charge in [0, 0.05) is 12.0 Å². The topological polar surface area (TPSA) is 59.6 Å². The fourth-order valence-electron chi connectivity index (χ4n) is 3.81. The summed E-state index contributed by atoms with van der Waals surface area (Å²) >= 11 is 8.90. The lowest BCUT2D eigenvalue weighted by Gasteiger charge is -2.15. The molecule has 0 aliphatic heterocycles. The molecule has 7 heteroatoms. The Morgan fingerprint density at radius 2 is 1.37 bits per heavy atom. The highest BCUT2D eigenvalue weighted by molar-refractivity contribution is 9.10. The average Bonchev–Trinajstić information content (AvgIpc) is 2.94. The molecule has 0 saturated carbocycles. The number of nitrogens with one attached hydrogen (secondary N) is 2. The van der Waals surface area contributed by atoms with E-state index in [2.05, 4.69) is 50.8 Å². The second-order valence-corrected chi connectivity index (χ2v) is 9.83. The number of amides is 1. The van der Waals surface area contributed by atoms with Crippen LogP contribution in [0, 0.1) is 0 Å². The summed E-state index contributed by atoms with van der Waals surface area (Å²) in [5.41, 5.74) is 3.65. The second kappa shape index (κ2) is 14.3. The monoisotopic (exact) mass is 588 g/mol. The van der Waals surface area contributed by atoms with Crippen molar-refractivity contribution < 1.29 is 14.3 Å². The molecule has 1 amide bonds. The molecule has 0 bridgehead atoms. The van der Waals surface area contributed by atoms with Crippen LogP contribution in [0.2, 0.25) is 0 Å². The maximum absolute atomic E-state index is 12.8. The highest BCUT2D eigenvalue weighted by atomic mass is 79.9. The zero-order valence-corrected chi connectivity index (χ0v) is 23.3. The molecule has 2 N–H and O–H groups in total. The number of halogens is 1. The molecule has 0 radical (unpaired) electrons. The van der Waals surface area contributed by atoms with Crippen LogP contribution in [0.3, 0.4) is 0 Å². The molecule has 38 heavy (non-hydrogen) atoms. The number of carbonyl (C=O) groups is 1. The summed E-state index contributed by atoms with van der Waals surface area (Å²) in [7, 11) is 0. The number of anilines is 1. The number of hydrogen-bond acceptors (Lipinski definition) is 4. The lowest BCUT2D eigenvalue weighted by Crippen LogP contribution is -2.34. The van der Waals surface area contributed by atoms with E-state index in [0.29, 0.717) is 40.4 Å². The van der Waals surface area contributed by atoms with Crippen molar-refractivity contribution in [1.82, 2.24) is 5.32 Å². The van der Waals surface area contributed by atoms with Gasteiger partial charge in [-0.1, -0.05) is 72.8 Å². The van der Waals surface area contributed by atoms with Gasteiger partial charge in [0.15, 0.2) is 5.11 Å². The molecule has 4 rings (SSSR count). The molecule has 194 valence electrons. The Bertz CT molecular complexity index is 1350. The van der Waals surface area contributed by atoms with E-state index in [1.54, 1.807) is 18.2 Å². The van der Waals surface area contributed by atoms with E-state index in [1.165, 1.54) is 11.1 Å². The summed E-state index contributed by atoms with van der Waals surface area (Å²) in [6.45, 7) is 1.11. The first-order valence-electron chi connectivity index (χ1n) is 12.4. The number of aryl methyl sites for hydroxylation is 1. The zero-order chi connectivity index (χ0) is 26.6. The summed E-state index contributed by atoms with van der Waals surface area (Å²) < 4.78 is 12.6. The lowest BCUT2D eigenvalue weighted by molar-refractivity contribution is 0.0977. The third-order valence-electron chi connectivity index (χ3n) is 5.76. The SMILES string of the molecule is O=C(NC(=S)Nc1ccccc1OCCCc1ccccc1)c1ccc(OCCc2ccccc2)c(Br)c1. The number of ether oxygens (including phenoxy) is 2. The molecule has 0 aromatic heterocycles. The van der Waals surface area contributed by atoms with Gasteiger partial charge in [0.2, 0.25) is 0 Å². The van der Waals surface area contributed by atoms with E-state index in [-0.39, 0.29) is 11.0 Å². The fourth-order valence-corrected chi connectivity index (χ4v) is 4.51. The molecular weight excluding hydrogens is 560 g/mol. The molecule has 0 heterocycles. The van der Waals surface area contributed by atoms with Crippen molar-refractivity contribution >= 4 is 44.9 Å². The van der Waals surface area contributed by atoms with E-state index < -0.39 is 0 Å². The number of thiocarbonyl (C=S) groups is 1. The molecule has 0 atom stereocenters. The van der Waals surface area contributed by atoms with Gasteiger partial charge in [0.25, 0.3) is 5.91 Å². The first-order chi connectivity index (χ1) is 18.6. The highest BCUT2D eigenvalue weighted by Gasteiger charge is 2.12. The van der Waals surface area contributed by atoms with E-state index >= 15 is 0 Å². The minimum absolute atomic E-state index is 0.189. The first kappa shape index (κ1) is 27.4. The van der Waals surface area contributed by atoms with E-state index in [4.69, 9.17) is 21.7 Å². The minimum atomic E-state index is -0.319. The third kappa shape index (κ3) is 8.43. The Hall–Kier alpha value is -3.68. The number of rotatable bonds is 11. The minimum Gasteiger partial charge on any atom is -0.492 e. The maximum Gasteiger partial charge on any atom is 0.257 e. The molecule has 0 unspecified atom stereocenters. The average molecular weight is 590 g/mol. The van der Waals surface area contributed by atoms with Gasteiger partial charge in [-0.3, -0.25) is 10.1 Å². The van der Waals surface area contributed by atoms with Gasteiger partial charge >= 0.3 is 0 Å². The second-order valence-electron chi connectivity index (χ2n) is 8.57. The number of hydrogen-bond donors (Lipinski definition) is 2. The Morgan fingerprint density at radius 1 is 0.737 bits per heavy atom. The Balaban J connectivity index is 1.26. The van der Waals surface area contributed by atoms with E-state index in [0.717, 1.165) is 19.3 Å². The van der Waals surface area contributed by atoms with Crippen LogP contribution in [0.4, 0.5) is 5.69 Å². The lowest BCUT2D eigenvalue weighted by atomic mass is 10.1. The summed E-state index contributed by atoms with van der Waals surface area (Å²) in [5.74, 6) is 1.04. The Morgan fingerprint density at radius 3 is 2.08 bits per heavy atom. The van der Waals surface area contributed by atoms with Crippen LogP contribution in [-0.4, -0.2) is 24.2 Å². The first-order valence-corrected chi connectivity index (χ1v) is 13.6. The molecule has 0 fully saturated rings. The predicted octanol–water partition coefficient (Wildman–Crippen LogP) is 7.21. The standard InChI is InChI=1S/C31H29BrN2O3S/c32-26-22-25(17-18-28(26)37-21-19-24-12-5-2-6-13-24)30(35)34-31(38)33-27-15-7-8-16-29(27)36-20-9-14-23-10-3-1-4-11-23/h1-8,10-13,15-18,22H,9,14,19-21H2,(H2,33,34,35,38). The molecule has 5 nitrogen and oxygen atoms in total. The van der Waals surface area contributed by atoms with Crippen LogP contribution >= 0.6 is 28.1 Å². The van der Waals surface area contributed by atoms with Crippen molar-refractivity contribution in [2.24, 2.45) is 0 Å². The van der Waals surface area contributed by atoms with Crippen molar-refractivity contribution in [2.75, 3.05) is 18.5 Å². The summed E-state index contributed by atoms with van der Waals surface area (Å²) in [6.07, 6.45) is 2.63. The molecule has 4 aromatic carbocycles. The number of para-hydroxylation sites is 2. The van der Waals surface area contributed by atoms with Gasteiger partial charge in [-0.05, 0) is 82.4 Å². The molecule has 0 aliphatic carbocycles. The van der Waals surface area contributed by atoms with Crippen LogP contribution in [0.1, 0.15) is 27.9 Å². The summed E-state index contributed by atoms with van der Waals surface area (Å²) in [4.78, 5) is 12.8. The largest absolute Gasteiger partial charge is 0.492 e. The van der Waals surface area contributed by atoms with Crippen LogP contribution in [0.5, 0.6) is 11.5 Å². The van der Waals surface area contributed by atoms with E-state index in [9.17, 15) is 4.79 Å². The van der Waals surface area contributed by atoms with Gasteiger partial charge < -0.3 is 14.8 Å². The highest BCUT2D eigenvalue weighted by Crippen LogP contribution is 2.27. The molecule has 4 aromatic rings. The molecule has 0 spiro atoms. The van der Waals surface area contributed by atoms with Crippen molar-refractivity contribution in [1.29, 1.82) is 0 Å². The van der Waals surface area contributed by atoms with Gasteiger partial charge in [-0.15, -0.1) is 0 Å². The van der Waals surface area contributed by atoms with Gasteiger partial charge in [0.1, 0.15) is 11.5 Å². The van der Waals surface area contributed by atoms with Gasteiger partial charge in [0.05, 0.1) is 23.4 Å². The maximum atomic E-state index is 12.8. The fraction of sp³-hybridized carbons (Fsp3) is 0.161. The van der Waals surface area contributed by atoms with Crippen LogP contribution in [0.25, 0.3) is 0 Å². The number of benzene rings is 4. The van der Waals surface area contributed by atoms with Gasteiger partial charge in [-0.25, -0.2) is 0 Å². The van der Waals surface area contributed by atoms with Crippen LogP contribution in [0.15, 0.2) is 108 Å². The van der Waals surface area contributed by atoms with Gasteiger partial charge in [-0.2, -0.15) is 0 Å². The van der Waals surface area contributed by atoms with Crippen molar-refractivity contribution in [2.45, 2.75) is 19.3 Å². The predicted molar refractivity (Wildman–Crippen MR) is 160 cm³/mol. The summed E-state index contributed by atoms with van der Waals surface area (Å²) in [6, 6.07) is 33.2. The smallest absolute Gasteiger partial charge is 0.257 e. The van der Waals surface area contributed by atoms with Crippen molar-refractivity contribution in [3.05, 3.63) is 124 Å². The normalized spacial score (nSPS) is 10.4. The van der Waals surface area contributed by atoms with E-state index in [1.807, 2.05) is 60.7 Å². The van der Waals surface area contributed by atoms with Crippen LogP contribution in [-0.2, 0) is 12.8 Å².